The summed E-state index contributed by atoms with van der Waals surface area (Å²) in [6.45, 7) is 6.77. The van der Waals surface area contributed by atoms with E-state index in [0.29, 0.717) is 25.3 Å². The average molecular weight is 630 g/mol. The standard InChI is InChI=1S/C30H34Br2N2O3/c1-4-5-15-33-30(36)27(18-23-9-7-6-8-10-23)34(19-24-11-13-25(31)14-12-24)28(35)20-37-26-16-21(2)29(32)22(3)17-26/h6-14,16-17,27H,4-5,15,18-20H2,1-3H3,(H,33,36)/t27-/m0/s1. The van der Waals surface area contributed by atoms with Crippen molar-refractivity contribution < 1.29 is 14.3 Å². The van der Waals surface area contributed by atoms with Gasteiger partial charge in [-0.15, -0.1) is 0 Å². The molecule has 0 saturated carbocycles. The minimum absolute atomic E-state index is 0.155. The number of aryl methyl sites for hydroxylation is 2. The molecule has 5 nitrogen and oxygen atoms in total. The van der Waals surface area contributed by atoms with Gasteiger partial charge >= 0.3 is 0 Å². The molecule has 0 bridgehead atoms. The maximum absolute atomic E-state index is 13.7. The lowest BCUT2D eigenvalue weighted by atomic mass is 10.0. The number of unbranched alkanes of at least 4 members (excludes halogenated alkanes) is 1. The summed E-state index contributed by atoms with van der Waals surface area (Å²) in [6.07, 6.45) is 2.28. The molecule has 37 heavy (non-hydrogen) atoms. The molecule has 0 fully saturated rings. The molecule has 0 aliphatic carbocycles. The third-order valence-electron chi connectivity index (χ3n) is 6.14. The number of benzene rings is 3. The Morgan fingerprint density at radius 3 is 2.22 bits per heavy atom. The van der Waals surface area contributed by atoms with Gasteiger partial charge in [-0.05, 0) is 66.8 Å². The van der Waals surface area contributed by atoms with Crippen LogP contribution in [0.2, 0.25) is 0 Å². The zero-order valence-electron chi connectivity index (χ0n) is 21.6. The number of halogens is 2. The van der Waals surface area contributed by atoms with Gasteiger partial charge in [-0.25, -0.2) is 0 Å². The van der Waals surface area contributed by atoms with Crippen LogP contribution in [0.1, 0.15) is 42.0 Å². The highest BCUT2D eigenvalue weighted by molar-refractivity contribution is 9.10. The number of rotatable bonds is 12. The lowest BCUT2D eigenvalue weighted by Crippen LogP contribution is -2.51. The van der Waals surface area contributed by atoms with Crippen LogP contribution < -0.4 is 10.1 Å². The van der Waals surface area contributed by atoms with Crippen LogP contribution in [-0.4, -0.2) is 35.9 Å². The van der Waals surface area contributed by atoms with Crippen LogP contribution in [-0.2, 0) is 22.6 Å². The monoisotopic (exact) mass is 628 g/mol. The van der Waals surface area contributed by atoms with Gasteiger partial charge in [0.05, 0.1) is 0 Å². The van der Waals surface area contributed by atoms with Crippen LogP contribution in [0.5, 0.6) is 5.75 Å². The minimum Gasteiger partial charge on any atom is -0.484 e. The first-order chi connectivity index (χ1) is 17.8. The molecule has 0 saturated heterocycles. The Kier molecular flexibility index (Phi) is 11.2. The number of carbonyl (C=O) groups excluding carboxylic acids is 2. The summed E-state index contributed by atoms with van der Waals surface area (Å²) < 4.78 is 7.93. The minimum atomic E-state index is -0.674. The summed E-state index contributed by atoms with van der Waals surface area (Å²) in [5.74, 6) is 0.230. The summed E-state index contributed by atoms with van der Waals surface area (Å²) in [5.41, 5.74) is 4.00. The van der Waals surface area contributed by atoms with Gasteiger partial charge in [0.15, 0.2) is 6.61 Å². The van der Waals surface area contributed by atoms with Gasteiger partial charge in [0, 0.05) is 28.5 Å². The molecule has 7 heteroatoms. The van der Waals surface area contributed by atoms with E-state index in [1.807, 2.05) is 80.6 Å². The molecule has 196 valence electrons. The third kappa shape index (κ3) is 8.71. The number of amides is 2. The predicted molar refractivity (Wildman–Crippen MR) is 156 cm³/mol. The summed E-state index contributed by atoms with van der Waals surface area (Å²) in [4.78, 5) is 28.8. The first kappa shape index (κ1) is 28.9. The van der Waals surface area contributed by atoms with Gasteiger partial charge in [-0.1, -0.05) is 87.7 Å². The van der Waals surface area contributed by atoms with Gasteiger partial charge in [0.25, 0.3) is 5.91 Å². The molecule has 0 unspecified atom stereocenters. The Morgan fingerprint density at radius 2 is 1.59 bits per heavy atom. The van der Waals surface area contributed by atoms with E-state index in [9.17, 15) is 9.59 Å². The van der Waals surface area contributed by atoms with Crippen LogP contribution in [0.3, 0.4) is 0 Å². The van der Waals surface area contributed by atoms with Gasteiger partial charge in [0.2, 0.25) is 5.91 Å². The second kappa shape index (κ2) is 14.3. The molecule has 2 amide bonds. The van der Waals surface area contributed by atoms with E-state index in [1.165, 1.54) is 0 Å². The Balaban J connectivity index is 1.89. The normalized spacial score (nSPS) is 11.6. The fraction of sp³-hybridized carbons (Fsp3) is 0.333. The van der Waals surface area contributed by atoms with Crippen molar-refractivity contribution in [2.24, 2.45) is 0 Å². The molecule has 0 heterocycles. The highest BCUT2D eigenvalue weighted by atomic mass is 79.9. The Bertz CT molecular complexity index is 1160. The van der Waals surface area contributed by atoms with Gasteiger partial charge in [-0.3, -0.25) is 9.59 Å². The third-order valence-corrected chi connectivity index (χ3v) is 7.92. The van der Waals surface area contributed by atoms with E-state index < -0.39 is 6.04 Å². The largest absolute Gasteiger partial charge is 0.484 e. The van der Waals surface area contributed by atoms with Crippen molar-refractivity contribution in [3.05, 3.63) is 97.9 Å². The number of nitrogens with one attached hydrogen (secondary N) is 1. The molecular weight excluding hydrogens is 596 g/mol. The molecular formula is C30H34Br2N2O3. The maximum Gasteiger partial charge on any atom is 0.261 e. The highest BCUT2D eigenvalue weighted by Gasteiger charge is 2.30. The van der Waals surface area contributed by atoms with Crippen molar-refractivity contribution in [1.82, 2.24) is 10.2 Å². The molecule has 3 rings (SSSR count). The van der Waals surface area contributed by atoms with Crippen LogP contribution >= 0.6 is 31.9 Å². The van der Waals surface area contributed by atoms with E-state index in [4.69, 9.17) is 4.74 Å². The fourth-order valence-electron chi connectivity index (χ4n) is 4.06. The van der Waals surface area contributed by atoms with Crippen molar-refractivity contribution in [1.29, 1.82) is 0 Å². The zero-order valence-corrected chi connectivity index (χ0v) is 24.8. The Morgan fingerprint density at radius 1 is 0.946 bits per heavy atom. The quantitative estimate of drug-likeness (QED) is 0.225. The second-order valence-electron chi connectivity index (χ2n) is 9.16. The summed E-state index contributed by atoms with van der Waals surface area (Å²) in [6, 6.07) is 20.7. The Hall–Kier alpha value is -2.64. The predicted octanol–water partition coefficient (Wildman–Crippen LogP) is 6.76. The topological polar surface area (TPSA) is 58.6 Å². The average Bonchev–Trinajstić information content (AvgIpc) is 2.89. The summed E-state index contributed by atoms with van der Waals surface area (Å²) in [7, 11) is 0. The van der Waals surface area contributed by atoms with Crippen LogP contribution in [0.25, 0.3) is 0 Å². The molecule has 1 N–H and O–H groups in total. The lowest BCUT2D eigenvalue weighted by Gasteiger charge is -2.31. The number of carbonyl (C=O) groups is 2. The zero-order chi connectivity index (χ0) is 26.8. The van der Waals surface area contributed by atoms with Gasteiger partial charge < -0.3 is 15.0 Å². The van der Waals surface area contributed by atoms with Crippen LogP contribution in [0.4, 0.5) is 0 Å². The number of ether oxygens (including phenoxy) is 1. The van der Waals surface area contributed by atoms with Crippen LogP contribution in [0.15, 0.2) is 75.7 Å². The van der Waals surface area contributed by atoms with E-state index >= 15 is 0 Å². The van der Waals surface area contributed by atoms with Crippen molar-refractivity contribution in [2.45, 2.75) is 52.6 Å². The second-order valence-corrected chi connectivity index (χ2v) is 10.9. The summed E-state index contributed by atoms with van der Waals surface area (Å²) in [5, 5.41) is 3.04. The molecule has 0 aromatic heterocycles. The molecule has 3 aromatic rings. The smallest absolute Gasteiger partial charge is 0.261 e. The van der Waals surface area contributed by atoms with Crippen LogP contribution in [0, 0.1) is 13.8 Å². The van der Waals surface area contributed by atoms with E-state index in [-0.39, 0.29) is 18.4 Å². The molecule has 1 atom stereocenters. The lowest BCUT2D eigenvalue weighted by molar-refractivity contribution is -0.142. The first-order valence-corrected chi connectivity index (χ1v) is 14.1. The first-order valence-electron chi connectivity index (χ1n) is 12.5. The van der Waals surface area contributed by atoms with E-state index in [2.05, 4.69) is 44.1 Å². The molecule has 0 spiro atoms. The summed E-state index contributed by atoms with van der Waals surface area (Å²) >= 11 is 7.04. The van der Waals surface area contributed by atoms with Crippen molar-refractivity contribution in [2.75, 3.05) is 13.2 Å². The number of hydrogen-bond acceptors (Lipinski definition) is 3. The van der Waals surface area contributed by atoms with E-state index in [1.54, 1.807) is 4.90 Å². The fourth-order valence-corrected chi connectivity index (χ4v) is 4.56. The van der Waals surface area contributed by atoms with E-state index in [0.717, 1.165) is 44.0 Å². The number of hydrogen-bond donors (Lipinski definition) is 1. The SMILES string of the molecule is CCCCNC(=O)[C@H](Cc1ccccc1)N(Cc1ccc(Br)cc1)C(=O)COc1cc(C)c(Br)c(C)c1. The van der Waals surface area contributed by atoms with Gasteiger partial charge in [-0.2, -0.15) is 0 Å². The Labute approximate surface area is 236 Å². The maximum atomic E-state index is 13.7. The van der Waals surface area contributed by atoms with Crippen molar-refractivity contribution >= 4 is 43.7 Å². The number of nitrogens with zero attached hydrogens (tertiary/aromatic N) is 1. The molecule has 0 radical (unpaired) electrons. The van der Waals surface area contributed by atoms with Crippen molar-refractivity contribution in [3.63, 3.8) is 0 Å². The van der Waals surface area contributed by atoms with Gasteiger partial charge in [0.1, 0.15) is 11.8 Å². The highest BCUT2D eigenvalue weighted by Crippen LogP contribution is 2.26. The molecule has 0 aliphatic heterocycles. The molecule has 3 aromatic carbocycles. The molecule has 0 aliphatic rings. The van der Waals surface area contributed by atoms with Crippen molar-refractivity contribution in [3.8, 4) is 5.75 Å².